The second-order valence-corrected chi connectivity index (χ2v) is 8.13. The van der Waals surface area contributed by atoms with Crippen molar-refractivity contribution in [1.82, 2.24) is 0 Å². The van der Waals surface area contributed by atoms with Gasteiger partial charge in [-0.25, -0.2) is 8.42 Å². The molecule has 8 nitrogen and oxygen atoms in total. The Hall–Kier alpha value is -2.65. The number of nitrogens with one attached hydrogen (secondary N) is 2. The fraction of sp³-hybridized carbons (Fsp3) is 0.235. The van der Waals surface area contributed by atoms with Gasteiger partial charge in [0, 0.05) is 18.3 Å². The van der Waals surface area contributed by atoms with Gasteiger partial charge >= 0.3 is 0 Å². The number of nitro benzene ring substituents is 1. The lowest BCUT2D eigenvalue weighted by Crippen LogP contribution is -2.15. The summed E-state index contributed by atoms with van der Waals surface area (Å²) in [6, 6.07) is 9.77. The van der Waals surface area contributed by atoms with Crippen molar-refractivity contribution >= 4 is 44.9 Å². The summed E-state index contributed by atoms with van der Waals surface area (Å²) in [6.07, 6.45) is 2.31. The van der Waals surface area contributed by atoms with Gasteiger partial charge in [0.2, 0.25) is 0 Å². The number of nitrogens with zero attached hydrogens (tertiary/aromatic N) is 2. The molecule has 0 amide bonds. The summed E-state index contributed by atoms with van der Waals surface area (Å²) in [7, 11) is -4.15. The van der Waals surface area contributed by atoms with E-state index in [0.29, 0.717) is 12.3 Å². The molecule has 10 heteroatoms. The molecular weight excluding hydrogens is 392 g/mol. The maximum atomic E-state index is 12.8. The van der Waals surface area contributed by atoms with E-state index in [-0.39, 0.29) is 27.0 Å². The van der Waals surface area contributed by atoms with Crippen LogP contribution < -0.4 is 10.1 Å². The molecule has 0 saturated heterocycles. The minimum atomic E-state index is -4.15. The van der Waals surface area contributed by atoms with Crippen molar-refractivity contribution in [2.75, 3.05) is 10.1 Å². The van der Waals surface area contributed by atoms with Crippen molar-refractivity contribution < 1.29 is 13.3 Å². The number of hydrazone groups is 1. The molecule has 2 aromatic rings. The fourth-order valence-corrected chi connectivity index (χ4v) is 3.56. The minimum Gasteiger partial charge on any atom is -0.278 e. The third kappa shape index (κ3) is 5.66. The van der Waals surface area contributed by atoms with E-state index in [9.17, 15) is 18.5 Å². The van der Waals surface area contributed by atoms with Gasteiger partial charge in [0.15, 0.2) is 0 Å². The van der Waals surface area contributed by atoms with Crippen LogP contribution >= 0.6 is 11.6 Å². The van der Waals surface area contributed by atoms with Crippen LogP contribution in [-0.4, -0.2) is 19.6 Å². The summed E-state index contributed by atoms with van der Waals surface area (Å²) in [5.41, 5.74) is 2.56. The fourth-order valence-electron chi connectivity index (χ4n) is 2.06. The van der Waals surface area contributed by atoms with Crippen LogP contribution in [-0.2, 0) is 10.0 Å². The Morgan fingerprint density at radius 2 is 1.93 bits per heavy atom. The lowest BCUT2D eigenvalue weighted by Gasteiger charge is -2.13. The van der Waals surface area contributed by atoms with Crippen LogP contribution in [0.25, 0.3) is 0 Å². The van der Waals surface area contributed by atoms with Crippen LogP contribution in [0.3, 0.4) is 0 Å². The molecule has 0 aromatic heterocycles. The lowest BCUT2D eigenvalue weighted by molar-refractivity contribution is -0.385. The average Bonchev–Trinajstić information content (AvgIpc) is 2.60. The monoisotopic (exact) mass is 410 g/mol. The SMILES string of the molecule is CC(C)C/C=N/Nc1ccc([N+](=O)[O-])cc1S(=O)(=O)Nc1ccccc1Cl. The van der Waals surface area contributed by atoms with Gasteiger partial charge in [-0.2, -0.15) is 5.10 Å². The van der Waals surface area contributed by atoms with E-state index >= 15 is 0 Å². The molecule has 0 atom stereocenters. The first kappa shape index (κ1) is 20.7. The Morgan fingerprint density at radius 3 is 2.56 bits per heavy atom. The molecule has 0 radical (unpaired) electrons. The number of non-ortho nitro benzene ring substituents is 1. The van der Waals surface area contributed by atoms with E-state index in [0.717, 1.165) is 6.07 Å². The number of halogens is 1. The Morgan fingerprint density at radius 1 is 1.22 bits per heavy atom. The molecule has 0 aliphatic carbocycles. The number of anilines is 2. The molecular formula is C17H19ClN4O4S. The summed E-state index contributed by atoms with van der Waals surface area (Å²) < 4.78 is 28.0. The van der Waals surface area contributed by atoms with Crippen molar-refractivity contribution in [2.24, 2.45) is 11.0 Å². The highest BCUT2D eigenvalue weighted by Crippen LogP contribution is 2.30. The summed E-state index contributed by atoms with van der Waals surface area (Å²) in [5.74, 6) is 0.387. The van der Waals surface area contributed by atoms with Crippen molar-refractivity contribution in [1.29, 1.82) is 0 Å². The van der Waals surface area contributed by atoms with E-state index < -0.39 is 14.9 Å². The molecule has 2 rings (SSSR count). The summed E-state index contributed by atoms with van der Waals surface area (Å²) in [6.45, 7) is 4.03. The zero-order valence-electron chi connectivity index (χ0n) is 14.7. The van der Waals surface area contributed by atoms with E-state index in [1.165, 1.54) is 24.3 Å². The molecule has 2 N–H and O–H groups in total. The maximum Gasteiger partial charge on any atom is 0.270 e. The largest absolute Gasteiger partial charge is 0.278 e. The van der Waals surface area contributed by atoms with Crippen molar-refractivity contribution in [2.45, 2.75) is 25.2 Å². The highest BCUT2D eigenvalue weighted by Gasteiger charge is 2.23. The summed E-state index contributed by atoms with van der Waals surface area (Å²) in [5, 5.41) is 15.3. The zero-order valence-corrected chi connectivity index (χ0v) is 16.3. The number of sulfonamides is 1. The standard InChI is InChI=1S/C17H19ClN4O4S/c1-12(2)9-10-19-20-16-8-7-13(22(23)24)11-17(16)27(25,26)21-15-6-4-3-5-14(15)18/h3-8,10-12,20-21H,9H2,1-2H3/b19-10+. The van der Waals surface area contributed by atoms with Gasteiger partial charge in [-0.3, -0.25) is 20.3 Å². The van der Waals surface area contributed by atoms with Gasteiger partial charge in [0.05, 0.1) is 21.3 Å². The van der Waals surface area contributed by atoms with Gasteiger partial charge in [0.1, 0.15) is 4.90 Å². The van der Waals surface area contributed by atoms with Crippen LogP contribution in [0.2, 0.25) is 5.02 Å². The molecule has 0 spiro atoms. The first-order chi connectivity index (χ1) is 12.7. The molecule has 0 aliphatic rings. The van der Waals surface area contributed by atoms with Gasteiger partial charge in [-0.05, 0) is 30.5 Å². The van der Waals surface area contributed by atoms with Crippen LogP contribution in [0.1, 0.15) is 20.3 Å². The highest BCUT2D eigenvalue weighted by atomic mass is 35.5. The average molecular weight is 411 g/mol. The molecule has 2 aromatic carbocycles. The predicted octanol–water partition coefficient (Wildman–Crippen LogP) is 4.49. The third-order valence-corrected chi connectivity index (χ3v) is 5.17. The molecule has 0 unspecified atom stereocenters. The van der Waals surface area contributed by atoms with Crippen LogP contribution in [0.4, 0.5) is 17.1 Å². The molecule has 0 saturated carbocycles. The van der Waals surface area contributed by atoms with Crippen molar-refractivity contribution in [3.63, 3.8) is 0 Å². The van der Waals surface area contributed by atoms with E-state index in [4.69, 9.17) is 11.6 Å². The van der Waals surface area contributed by atoms with Crippen LogP contribution in [0.15, 0.2) is 52.5 Å². The van der Waals surface area contributed by atoms with Crippen molar-refractivity contribution in [3.8, 4) is 0 Å². The van der Waals surface area contributed by atoms with E-state index in [1.54, 1.807) is 18.3 Å². The maximum absolute atomic E-state index is 12.8. The van der Waals surface area contributed by atoms with E-state index in [2.05, 4.69) is 15.2 Å². The Labute approximate surface area is 162 Å². The predicted molar refractivity (Wildman–Crippen MR) is 107 cm³/mol. The number of nitro groups is 1. The van der Waals surface area contributed by atoms with Crippen molar-refractivity contribution in [3.05, 3.63) is 57.6 Å². The summed E-state index contributed by atoms with van der Waals surface area (Å²) in [4.78, 5) is 10.1. The zero-order chi connectivity index (χ0) is 20.0. The second-order valence-electron chi connectivity index (χ2n) is 6.08. The quantitative estimate of drug-likeness (QED) is 0.378. The Kier molecular flexibility index (Phi) is 6.75. The molecule has 27 heavy (non-hydrogen) atoms. The van der Waals surface area contributed by atoms with Gasteiger partial charge in [-0.1, -0.05) is 37.6 Å². The Balaban J connectivity index is 2.41. The van der Waals surface area contributed by atoms with Crippen LogP contribution in [0.5, 0.6) is 0 Å². The van der Waals surface area contributed by atoms with Gasteiger partial charge in [0.25, 0.3) is 15.7 Å². The first-order valence-corrected chi connectivity index (χ1v) is 9.90. The first-order valence-electron chi connectivity index (χ1n) is 8.04. The number of hydrogen-bond acceptors (Lipinski definition) is 6. The number of rotatable bonds is 8. The number of para-hydroxylation sites is 1. The topological polar surface area (TPSA) is 114 Å². The molecule has 0 aliphatic heterocycles. The van der Waals surface area contributed by atoms with E-state index in [1.807, 2.05) is 13.8 Å². The molecule has 144 valence electrons. The third-order valence-electron chi connectivity index (χ3n) is 3.44. The Bertz CT molecular complexity index is 961. The second kappa shape index (κ2) is 8.83. The van der Waals surface area contributed by atoms with Gasteiger partial charge < -0.3 is 0 Å². The minimum absolute atomic E-state index is 0.111. The smallest absolute Gasteiger partial charge is 0.270 e. The van der Waals surface area contributed by atoms with Crippen LogP contribution in [0, 0.1) is 16.0 Å². The highest BCUT2D eigenvalue weighted by molar-refractivity contribution is 7.93. The lowest BCUT2D eigenvalue weighted by atomic mass is 10.2. The van der Waals surface area contributed by atoms with Gasteiger partial charge in [-0.15, -0.1) is 0 Å². The molecule has 0 heterocycles. The number of hydrogen-bond donors (Lipinski definition) is 2. The number of benzene rings is 2. The summed E-state index contributed by atoms with van der Waals surface area (Å²) >= 11 is 6.00. The normalized spacial score (nSPS) is 11.7. The molecule has 0 fully saturated rings. The molecule has 0 bridgehead atoms.